The van der Waals surface area contributed by atoms with E-state index in [1.807, 2.05) is 0 Å². The molecule has 0 saturated heterocycles. The molecule has 0 atom stereocenters. The molecule has 0 fully saturated rings. The van der Waals surface area contributed by atoms with E-state index in [0.29, 0.717) is 11.4 Å². The van der Waals surface area contributed by atoms with Crippen molar-refractivity contribution in [3.63, 3.8) is 0 Å². The second kappa shape index (κ2) is 5.55. The lowest BCUT2D eigenvalue weighted by atomic mass is 10.2. The van der Waals surface area contributed by atoms with Gasteiger partial charge in [0.05, 0.1) is 11.3 Å². The maximum atomic E-state index is 11.6. The molecule has 0 saturated carbocycles. The van der Waals surface area contributed by atoms with Gasteiger partial charge in [0.15, 0.2) is 0 Å². The maximum Gasteiger partial charge on any atom is 0.335 e. The van der Waals surface area contributed by atoms with Crippen molar-refractivity contribution in [1.29, 1.82) is 0 Å². The minimum absolute atomic E-state index is 0.00908. The van der Waals surface area contributed by atoms with E-state index in [0.717, 1.165) is 0 Å². The molecule has 0 heterocycles. The Kier molecular flexibility index (Phi) is 3.97. The Balaban J connectivity index is 2.45. The Labute approximate surface area is 122 Å². The molecule has 7 heteroatoms. The van der Waals surface area contributed by atoms with Crippen LogP contribution in [0.1, 0.15) is 10.4 Å². The lowest BCUT2D eigenvalue weighted by molar-refractivity contribution is 0.0697. The number of benzene rings is 2. The zero-order valence-corrected chi connectivity index (χ0v) is 12.0. The molecule has 0 bridgehead atoms. The number of hydrogen-bond donors (Lipinski definition) is 2. The summed E-state index contributed by atoms with van der Waals surface area (Å²) in [4.78, 5) is 12.5. The van der Waals surface area contributed by atoms with Gasteiger partial charge in [0.2, 0.25) is 10.0 Å². The number of nitrogens with two attached hydrogens (primary N) is 1. The molecule has 0 amide bonds. The van der Waals surface area contributed by atoms with Crippen LogP contribution in [-0.2, 0) is 10.0 Å². The third-order valence-electron chi connectivity index (χ3n) is 3.03. The van der Waals surface area contributed by atoms with Gasteiger partial charge in [0.25, 0.3) is 0 Å². The minimum atomic E-state index is -3.84. The third-order valence-corrected chi connectivity index (χ3v) is 3.99. The second-order valence-corrected chi connectivity index (χ2v) is 5.95. The molecular formula is C14H14N2O4S. The minimum Gasteiger partial charge on any atom is -0.478 e. The van der Waals surface area contributed by atoms with Crippen molar-refractivity contribution in [3.8, 4) is 0 Å². The molecule has 2 aromatic carbocycles. The topological polar surface area (TPSA) is 101 Å². The number of carboxylic acids is 1. The molecule has 21 heavy (non-hydrogen) atoms. The monoisotopic (exact) mass is 306 g/mol. The van der Waals surface area contributed by atoms with Gasteiger partial charge in [0, 0.05) is 12.7 Å². The van der Waals surface area contributed by atoms with Crippen molar-refractivity contribution >= 4 is 27.4 Å². The van der Waals surface area contributed by atoms with E-state index in [1.165, 1.54) is 18.2 Å². The van der Waals surface area contributed by atoms with Gasteiger partial charge in [-0.1, -0.05) is 12.1 Å². The summed E-state index contributed by atoms with van der Waals surface area (Å²) in [5.41, 5.74) is 1.23. The highest BCUT2D eigenvalue weighted by atomic mass is 32.2. The summed E-state index contributed by atoms with van der Waals surface area (Å²) in [6.45, 7) is 0. The van der Waals surface area contributed by atoms with E-state index in [1.54, 1.807) is 42.3 Å². The number of sulfonamides is 1. The molecule has 0 aliphatic rings. The number of aromatic carboxylic acids is 1. The van der Waals surface area contributed by atoms with Crippen molar-refractivity contribution in [2.45, 2.75) is 4.90 Å². The average Bonchev–Trinajstić information content (AvgIpc) is 2.45. The summed E-state index contributed by atoms with van der Waals surface area (Å²) in [6, 6.07) is 12.4. The van der Waals surface area contributed by atoms with Gasteiger partial charge in [-0.3, -0.25) is 0 Å². The highest BCUT2D eigenvalue weighted by Gasteiger charge is 2.17. The van der Waals surface area contributed by atoms with Crippen molar-refractivity contribution in [2.24, 2.45) is 5.14 Å². The van der Waals surface area contributed by atoms with E-state index >= 15 is 0 Å². The fourth-order valence-corrected chi connectivity index (χ4v) is 2.71. The quantitative estimate of drug-likeness (QED) is 0.897. The van der Waals surface area contributed by atoms with Gasteiger partial charge in [-0.05, 0) is 36.4 Å². The van der Waals surface area contributed by atoms with E-state index < -0.39 is 16.0 Å². The summed E-state index contributed by atoms with van der Waals surface area (Å²) in [5.74, 6) is -1.02. The van der Waals surface area contributed by atoms with Crippen LogP contribution in [0.5, 0.6) is 0 Å². The van der Waals surface area contributed by atoms with Gasteiger partial charge < -0.3 is 10.0 Å². The molecule has 0 radical (unpaired) electrons. The van der Waals surface area contributed by atoms with Gasteiger partial charge in [-0.2, -0.15) is 0 Å². The molecule has 0 unspecified atom stereocenters. The molecule has 0 aliphatic carbocycles. The number of para-hydroxylation sites is 1. The number of carboxylic acid groups (broad SMARTS) is 1. The molecule has 0 aromatic heterocycles. The standard InChI is InChI=1S/C14H14N2O4S/c1-16(11-8-6-10(7-9-11)14(17)18)12-4-2-3-5-13(12)21(15,19)20/h2-9H,1H3,(H,17,18)(H2,15,19,20). The second-order valence-electron chi connectivity index (χ2n) is 4.42. The first-order valence-electron chi connectivity index (χ1n) is 5.99. The van der Waals surface area contributed by atoms with Crippen LogP contribution >= 0.6 is 0 Å². The van der Waals surface area contributed by atoms with Crippen LogP contribution in [-0.4, -0.2) is 26.5 Å². The van der Waals surface area contributed by atoms with Crippen molar-refractivity contribution in [3.05, 3.63) is 54.1 Å². The SMILES string of the molecule is CN(c1ccc(C(=O)O)cc1)c1ccccc1S(N)(=O)=O. The number of primary sulfonamides is 1. The number of nitrogens with zero attached hydrogens (tertiary/aromatic N) is 1. The number of anilines is 2. The van der Waals surface area contributed by atoms with Crippen LogP contribution in [0.3, 0.4) is 0 Å². The molecule has 2 rings (SSSR count). The predicted molar refractivity (Wildman–Crippen MR) is 79.3 cm³/mol. The Morgan fingerprint density at radius 3 is 2.19 bits per heavy atom. The molecule has 3 N–H and O–H groups in total. The Hall–Kier alpha value is -2.38. The van der Waals surface area contributed by atoms with Gasteiger partial charge in [0.1, 0.15) is 4.90 Å². The Morgan fingerprint density at radius 1 is 1.10 bits per heavy atom. The van der Waals surface area contributed by atoms with Crippen LogP contribution in [0.25, 0.3) is 0 Å². The largest absolute Gasteiger partial charge is 0.478 e. The van der Waals surface area contributed by atoms with Crippen LogP contribution in [0, 0.1) is 0 Å². The third kappa shape index (κ3) is 3.21. The molecule has 110 valence electrons. The molecular weight excluding hydrogens is 292 g/mol. The Bertz CT molecular complexity index is 770. The number of rotatable bonds is 4. The Morgan fingerprint density at radius 2 is 1.67 bits per heavy atom. The zero-order valence-electron chi connectivity index (χ0n) is 11.2. The lowest BCUT2D eigenvalue weighted by Crippen LogP contribution is -2.18. The smallest absolute Gasteiger partial charge is 0.335 e. The van der Waals surface area contributed by atoms with E-state index in [2.05, 4.69) is 0 Å². The van der Waals surface area contributed by atoms with Crippen LogP contribution in [0.4, 0.5) is 11.4 Å². The summed E-state index contributed by atoms with van der Waals surface area (Å²) < 4.78 is 23.2. The van der Waals surface area contributed by atoms with Gasteiger partial charge in [-0.15, -0.1) is 0 Å². The van der Waals surface area contributed by atoms with Gasteiger partial charge in [-0.25, -0.2) is 18.4 Å². The first-order valence-corrected chi connectivity index (χ1v) is 7.54. The molecule has 6 nitrogen and oxygen atoms in total. The highest BCUT2D eigenvalue weighted by Crippen LogP contribution is 2.29. The summed E-state index contributed by atoms with van der Waals surface area (Å²) >= 11 is 0. The summed E-state index contributed by atoms with van der Waals surface area (Å²) in [7, 11) is -2.16. The molecule has 0 aliphatic heterocycles. The van der Waals surface area contributed by atoms with Crippen molar-refractivity contribution in [2.75, 3.05) is 11.9 Å². The number of hydrogen-bond acceptors (Lipinski definition) is 4. The summed E-state index contributed by atoms with van der Waals surface area (Å²) in [6.07, 6.45) is 0. The van der Waals surface area contributed by atoms with Crippen LogP contribution < -0.4 is 10.0 Å². The summed E-state index contributed by atoms with van der Waals surface area (Å²) in [5, 5.41) is 14.1. The fraction of sp³-hybridized carbons (Fsp3) is 0.0714. The molecule has 0 spiro atoms. The van der Waals surface area contributed by atoms with Gasteiger partial charge >= 0.3 is 5.97 Å². The van der Waals surface area contributed by atoms with Crippen molar-refractivity contribution < 1.29 is 18.3 Å². The van der Waals surface area contributed by atoms with E-state index in [9.17, 15) is 13.2 Å². The van der Waals surface area contributed by atoms with Crippen molar-refractivity contribution in [1.82, 2.24) is 0 Å². The fourth-order valence-electron chi connectivity index (χ4n) is 1.94. The maximum absolute atomic E-state index is 11.6. The van der Waals surface area contributed by atoms with Crippen LogP contribution in [0.15, 0.2) is 53.4 Å². The normalized spacial score (nSPS) is 11.1. The zero-order chi connectivity index (χ0) is 15.6. The molecule has 2 aromatic rings. The highest BCUT2D eigenvalue weighted by molar-refractivity contribution is 7.89. The first kappa shape index (κ1) is 15.0. The first-order chi connectivity index (χ1) is 9.80. The predicted octanol–water partition coefficient (Wildman–Crippen LogP) is 1.80. The average molecular weight is 306 g/mol. The van der Waals surface area contributed by atoms with E-state index in [4.69, 9.17) is 10.2 Å². The number of carbonyl (C=O) groups is 1. The lowest BCUT2D eigenvalue weighted by Gasteiger charge is -2.21. The van der Waals surface area contributed by atoms with E-state index in [-0.39, 0.29) is 10.5 Å². The van der Waals surface area contributed by atoms with Crippen LogP contribution in [0.2, 0.25) is 0 Å².